The van der Waals surface area contributed by atoms with E-state index in [2.05, 4.69) is 19.2 Å². The molecular weight excluding hydrogens is 240 g/mol. The number of nitrogens with two attached hydrogens (primary N) is 1. The SMILES string of the molecule is COC(C)[C@H](CC(C)C)NC(=O)C1(N)CCCCC1. The standard InChI is InChI=1S/C15H30N2O2/c1-11(2)10-13(12(3)19-4)17-14(18)15(16)8-6-5-7-9-15/h11-13H,5-10,16H2,1-4H3,(H,17,18)/t12?,13-/m0/s1. The first-order valence-corrected chi connectivity index (χ1v) is 7.51. The topological polar surface area (TPSA) is 64.3 Å². The van der Waals surface area contributed by atoms with Crippen LogP contribution in [-0.4, -0.2) is 30.7 Å². The van der Waals surface area contributed by atoms with Gasteiger partial charge in [0, 0.05) is 7.11 Å². The van der Waals surface area contributed by atoms with E-state index in [1.807, 2.05) is 6.92 Å². The minimum Gasteiger partial charge on any atom is -0.380 e. The van der Waals surface area contributed by atoms with Crippen LogP contribution in [0.1, 0.15) is 59.3 Å². The van der Waals surface area contributed by atoms with Crippen LogP contribution in [-0.2, 0) is 9.53 Å². The largest absolute Gasteiger partial charge is 0.380 e. The van der Waals surface area contributed by atoms with Crippen molar-refractivity contribution in [1.82, 2.24) is 5.32 Å². The van der Waals surface area contributed by atoms with Gasteiger partial charge in [0.05, 0.1) is 17.7 Å². The summed E-state index contributed by atoms with van der Waals surface area (Å²) >= 11 is 0. The number of amides is 1. The lowest BCUT2D eigenvalue weighted by Crippen LogP contribution is -2.58. The molecule has 4 heteroatoms. The van der Waals surface area contributed by atoms with Crippen LogP contribution >= 0.6 is 0 Å². The molecule has 112 valence electrons. The van der Waals surface area contributed by atoms with Crippen molar-refractivity contribution in [3.63, 3.8) is 0 Å². The number of carbonyl (C=O) groups is 1. The molecule has 1 unspecified atom stereocenters. The van der Waals surface area contributed by atoms with Crippen molar-refractivity contribution < 1.29 is 9.53 Å². The molecule has 0 bridgehead atoms. The molecule has 0 radical (unpaired) electrons. The molecule has 1 amide bonds. The van der Waals surface area contributed by atoms with Gasteiger partial charge in [-0.1, -0.05) is 33.1 Å². The highest BCUT2D eigenvalue weighted by atomic mass is 16.5. The van der Waals surface area contributed by atoms with Crippen molar-refractivity contribution in [2.75, 3.05) is 7.11 Å². The van der Waals surface area contributed by atoms with Gasteiger partial charge in [-0.25, -0.2) is 0 Å². The number of hydrogen-bond acceptors (Lipinski definition) is 3. The van der Waals surface area contributed by atoms with E-state index in [0.29, 0.717) is 5.92 Å². The van der Waals surface area contributed by atoms with E-state index in [0.717, 1.165) is 32.1 Å². The fraction of sp³-hybridized carbons (Fsp3) is 0.933. The van der Waals surface area contributed by atoms with Crippen molar-refractivity contribution in [2.45, 2.75) is 77.0 Å². The molecule has 1 saturated carbocycles. The molecule has 0 aliphatic heterocycles. The zero-order valence-electron chi connectivity index (χ0n) is 12.9. The van der Waals surface area contributed by atoms with Gasteiger partial charge in [0.15, 0.2) is 0 Å². The highest BCUT2D eigenvalue weighted by Gasteiger charge is 2.37. The van der Waals surface area contributed by atoms with Crippen molar-refractivity contribution >= 4 is 5.91 Å². The lowest BCUT2D eigenvalue weighted by atomic mass is 9.81. The van der Waals surface area contributed by atoms with Crippen LogP contribution in [0.2, 0.25) is 0 Å². The van der Waals surface area contributed by atoms with E-state index < -0.39 is 5.54 Å². The molecule has 2 atom stereocenters. The van der Waals surface area contributed by atoms with Crippen molar-refractivity contribution in [3.05, 3.63) is 0 Å². The van der Waals surface area contributed by atoms with Gasteiger partial charge in [-0.05, 0) is 32.1 Å². The zero-order valence-corrected chi connectivity index (χ0v) is 12.9. The monoisotopic (exact) mass is 270 g/mol. The van der Waals surface area contributed by atoms with Gasteiger partial charge in [-0.2, -0.15) is 0 Å². The smallest absolute Gasteiger partial charge is 0.240 e. The molecule has 0 aromatic carbocycles. The summed E-state index contributed by atoms with van der Waals surface area (Å²) in [6.45, 7) is 6.30. The number of nitrogens with one attached hydrogen (secondary N) is 1. The van der Waals surface area contributed by atoms with Gasteiger partial charge in [0.2, 0.25) is 5.91 Å². The number of methoxy groups -OCH3 is 1. The Labute approximate surface area is 117 Å². The van der Waals surface area contributed by atoms with Gasteiger partial charge in [-0.15, -0.1) is 0 Å². The third-order valence-electron chi connectivity index (χ3n) is 4.18. The average molecular weight is 270 g/mol. The van der Waals surface area contributed by atoms with E-state index in [-0.39, 0.29) is 18.1 Å². The molecule has 0 saturated heterocycles. The molecule has 0 heterocycles. The summed E-state index contributed by atoms with van der Waals surface area (Å²) in [6, 6.07) is 0.0415. The molecular formula is C15H30N2O2. The van der Waals surface area contributed by atoms with Gasteiger partial charge in [0.1, 0.15) is 0 Å². The fourth-order valence-corrected chi connectivity index (χ4v) is 2.76. The molecule has 0 spiro atoms. The molecule has 19 heavy (non-hydrogen) atoms. The van der Waals surface area contributed by atoms with Gasteiger partial charge in [-0.3, -0.25) is 4.79 Å². The Bertz CT molecular complexity index is 286. The Morgan fingerprint density at radius 2 is 1.84 bits per heavy atom. The molecule has 3 N–H and O–H groups in total. The highest BCUT2D eigenvalue weighted by molar-refractivity contribution is 5.86. The molecule has 4 nitrogen and oxygen atoms in total. The van der Waals surface area contributed by atoms with E-state index in [4.69, 9.17) is 10.5 Å². The lowest BCUT2D eigenvalue weighted by Gasteiger charge is -2.35. The van der Waals surface area contributed by atoms with Crippen LogP contribution in [0.3, 0.4) is 0 Å². The molecule has 1 aliphatic carbocycles. The maximum absolute atomic E-state index is 12.4. The first-order valence-electron chi connectivity index (χ1n) is 7.51. The van der Waals surface area contributed by atoms with Gasteiger partial charge >= 0.3 is 0 Å². The van der Waals surface area contributed by atoms with Crippen molar-refractivity contribution in [1.29, 1.82) is 0 Å². The summed E-state index contributed by atoms with van der Waals surface area (Å²) in [5, 5.41) is 3.12. The summed E-state index contributed by atoms with van der Waals surface area (Å²) in [5.74, 6) is 0.518. The molecule has 0 aromatic heterocycles. The summed E-state index contributed by atoms with van der Waals surface area (Å²) in [6.07, 6.45) is 5.83. The predicted octanol–water partition coefficient (Wildman–Crippen LogP) is 2.21. The minimum atomic E-state index is -0.666. The Kier molecular flexibility index (Phi) is 6.27. The highest BCUT2D eigenvalue weighted by Crippen LogP contribution is 2.26. The molecule has 1 aliphatic rings. The fourth-order valence-electron chi connectivity index (χ4n) is 2.76. The second kappa shape index (κ2) is 7.25. The number of hydrogen-bond donors (Lipinski definition) is 2. The van der Waals surface area contributed by atoms with Crippen LogP contribution in [0.4, 0.5) is 0 Å². The second-order valence-corrected chi connectivity index (χ2v) is 6.37. The van der Waals surface area contributed by atoms with Crippen LogP contribution < -0.4 is 11.1 Å². The Hall–Kier alpha value is -0.610. The minimum absolute atomic E-state index is 0.00162. The van der Waals surface area contributed by atoms with E-state index in [1.54, 1.807) is 7.11 Å². The van der Waals surface area contributed by atoms with Crippen molar-refractivity contribution in [3.8, 4) is 0 Å². The van der Waals surface area contributed by atoms with E-state index >= 15 is 0 Å². The Balaban J connectivity index is 2.64. The first-order chi connectivity index (χ1) is 8.89. The number of carbonyl (C=O) groups excluding carboxylic acids is 1. The molecule has 1 rings (SSSR count). The van der Waals surface area contributed by atoms with E-state index in [9.17, 15) is 4.79 Å². The second-order valence-electron chi connectivity index (χ2n) is 6.37. The van der Waals surface area contributed by atoms with Crippen LogP contribution in [0.5, 0.6) is 0 Å². The molecule has 1 fully saturated rings. The van der Waals surface area contributed by atoms with Crippen LogP contribution in [0.15, 0.2) is 0 Å². The van der Waals surface area contributed by atoms with Crippen LogP contribution in [0, 0.1) is 5.92 Å². The summed E-state index contributed by atoms with van der Waals surface area (Å²) in [5.41, 5.74) is 5.60. The Morgan fingerprint density at radius 1 is 1.26 bits per heavy atom. The lowest BCUT2D eigenvalue weighted by molar-refractivity contribution is -0.129. The third kappa shape index (κ3) is 4.77. The normalized spacial score (nSPS) is 22.0. The quantitative estimate of drug-likeness (QED) is 0.778. The Morgan fingerprint density at radius 3 is 2.32 bits per heavy atom. The predicted molar refractivity (Wildman–Crippen MR) is 77.9 cm³/mol. The van der Waals surface area contributed by atoms with Crippen LogP contribution in [0.25, 0.3) is 0 Å². The summed E-state index contributed by atoms with van der Waals surface area (Å²) < 4.78 is 5.38. The summed E-state index contributed by atoms with van der Waals surface area (Å²) in [4.78, 5) is 12.4. The number of ether oxygens (including phenoxy) is 1. The third-order valence-corrected chi connectivity index (χ3v) is 4.18. The zero-order chi connectivity index (χ0) is 14.5. The van der Waals surface area contributed by atoms with Gasteiger partial charge in [0.25, 0.3) is 0 Å². The summed E-state index contributed by atoms with van der Waals surface area (Å²) in [7, 11) is 1.68. The molecule has 0 aromatic rings. The number of rotatable bonds is 6. The van der Waals surface area contributed by atoms with Gasteiger partial charge < -0.3 is 15.8 Å². The van der Waals surface area contributed by atoms with Crippen molar-refractivity contribution in [2.24, 2.45) is 11.7 Å². The average Bonchev–Trinajstić information content (AvgIpc) is 2.37. The maximum atomic E-state index is 12.4. The van der Waals surface area contributed by atoms with E-state index in [1.165, 1.54) is 6.42 Å². The first kappa shape index (κ1) is 16.4. The maximum Gasteiger partial charge on any atom is 0.240 e.